The second-order valence-corrected chi connectivity index (χ2v) is 35.9. The van der Waals surface area contributed by atoms with Crippen LogP contribution in [0, 0.1) is 5.41 Å². The van der Waals surface area contributed by atoms with Crippen LogP contribution in [0.1, 0.15) is 146 Å². The summed E-state index contributed by atoms with van der Waals surface area (Å²) in [5.74, 6) is 0.990. The Morgan fingerprint density at radius 3 is 1.78 bits per heavy atom. The topological polar surface area (TPSA) is 50.9 Å². The van der Waals surface area contributed by atoms with Crippen molar-refractivity contribution in [2.45, 2.75) is 156 Å². The van der Waals surface area contributed by atoms with Gasteiger partial charge in [0.25, 0.3) is 0 Å². The summed E-state index contributed by atoms with van der Waals surface area (Å²) in [6.45, 7) is 39.1. The minimum atomic E-state index is -2.95. The Balaban J connectivity index is 1.36. The van der Waals surface area contributed by atoms with Crippen molar-refractivity contribution >= 4 is 33.1 Å². The van der Waals surface area contributed by atoms with Crippen LogP contribution in [0.5, 0.6) is 5.75 Å². The number of phenolic OH excluding ortho intramolecular Hbond substituents is 1. The first-order chi connectivity index (χ1) is 33.6. The van der Waals surface area contributed by atoms with Gasteiger partial charge in [-0.1, -0.05) is 98.7 Å². The molecule has 9 rings (SSSR count). The molecule has 0 bridgehead atoms. The maximum atomic E-state index is 12.7. The number of pyridine rings is 1. The fraction of sp³-hybridized carbons (Fsp3) is 0.373. The molecular formula is C67H79GeN3O. The van der Waals surface area contributed by atoms with Gasteiger partial charge in [-0.15, -0.1) is 0 Å². The van der Waals surface area contributed by atoms with Crippen molar-refractivity contribution in [1.82, 2.24) is 14.5 Å². The van der Waals surface area contributed by atoms with E-state index in [1.165, 1.54) is 48.3 Å². The molecule has 0 fully saturated rings. The van der Waals surface area contributed by atoms with Gasteiger partial charge in [0, 0.05) is 0 Å². The van der Waals surface area contributed by atoms with Crippen LogP contribution in [0.15, 0.2) is 128 Å². The molecule has 8 aromatic rings. The molecule has 0 spiro atoms. The normalized spacial score (nSPS) is 14.0. The molecule has 0 radical (unpaired) electrons. The van der Waals surface area contributed by atoms with Crippen LogP contribution in [0.25, 0.3) is 72.7 Å². The van der Waals surface area contributed by atoms with Crippen LogP contribution in [0.4, 0.5) is 0 Å². The van der Waals surface area contributed by atoms with E-state index in [1.807, 2.05) is 0 Å². The van der Waals surface area contributed by atoms with E-state index in [-0.39, 0.29) is 32.8 Å². The predicted molar refractivity (Wildman–Crippen MR) is 312 cm³/mol. The van der Waals surface area contributed by atoms with Gasteiger partial charge in [0.15, 0.2) is 0 Å². The van der Waals surface area contributed by atoms with Gasteiger partial charge in [0.05, 0.1) is 0 Å². The number of imidazole rings is 1. The van der Waals surface area contributed by atoms with Gasteiger partial charge in [0.1, 0.15) is 0 Å². The maximum absolute atomic E-state index is 12.7. The van der Waals surface area contributed by atoms with E-state index < -0.39 is 13.3 Å². The molecule has 4 nitrogen and oxygen atoms in total. The van der Waals surface area contributed by atoms with Crippen molar-refractivity contribution in [1.29, 1.82) is 0 Å². The quantitative estimate of drug-likeness (QED) is 0.154. The molecule has 0 saturated heterocycles. The Kier molecular flexibility index (Phi) is 12.8. The molecule has 0 atom stereocenters. The van der Waals surface area contributed by atoms with Gasteiger partial charge in [-0.25, -0.2) is 0 Å². The SMILES string of the molecule is C[CH2][Ge]1([CH2]C)[c]2cc(CC(C)(C)C)ccc2-c2ccnc(-c3cc(-c4cccc5c4nc(-c4cc(C(C)(C)C)cc(C(C)(C)C)c4O)n5-c4ccc(C(C)(C)C)cc4-c4ccccc4)cc(C(C)(C)C)c3)[c]21. The predicted octanol–water partition coefficient (Wildman–Crippen LogP) is 17.2. The van der Waals surface area contributed by atoms with Crippen molar-refractivity contribution in [2.75, 3.05) is 0 Å². The van der Waals surface area contributed by atoms with Crippen molar-refractivity contribution in [2.24, 2.45) is 5.41 Å². The molecule has 1 aliphatic rings. The summed E-state index contributed by atoms with van der Waals surface area (Å²) in [5.41, 5.74) is 18.6. The van der Waals surface area contributed by atoms with Gasteiger partial charge in [-0.2, -0.15) is 0 Å². The van der Waals surface area contributed by atoms with E-state index in [9.17, 15) is 5.11 Å². The molecule has 372 valence electrons. The summed E-state index contributed by atoms with van der Waals surface area (Å²) in [4.78, 5) is 11.2. The molecular weight excluding hydrogens is 935 g/mol. The van der Waals surface area contributed by atoms with E-state index in [0.717, 1.165) is 67.8 Å². The molecule has 5 heteroatoms. The Hall–Kier alpha value is -5.72. The Labute approximate surface area is 434 Å². The van der Waals surface area contributed by atoms with E-state index in [2.05, 4.69) is 250 Å². The van der Waals surface area contributed by atoms with Crippen molar-refractivity contribution < 1.29 is 5.11 Å². The summed E-state index contributed by atoms with van der Waals surface area (Å²) in [7, 11) is 0. The van der Waals surface area contributed by atoms with E-state index >= 15 is 0 Å². The number of nitrogens with zero attached hydrogens (tertiary/aromatic N) is 3. The zero-order valence-corrected chi connectivity index (χ0v) is 48.6. The van der Waals surface area contributed by atoms with Crippen molar-refractivity contribution in [3.05, 3.63) is 155 Å². The first-order valence-corrected chi connectivity index (χ1v) is 31.6. The summed E-state index contributed by atoms with van der Waals surface area (Å²) < 4.78 is 5.49. The number of hydrogen-bond donors (Lipinski definition) is 1. The Bertz CT molecular complexity index is 3370. The zero-order valence-electron chi connectivity index (χ0n) is 46.5. The molecule has 0 saturated carbocycles. The summed E-state index contributed by atoms with van der Waals surface area (Å²) in [6, 6.07) is 45.6. The summed E-state index contributed by atoms with van der Waals surface area (Å²) in [6.07, 6.45) is 3.12. The number of rotatable bonds is 8. The standard InChI is InChI=1S/C67H79GeN3O/c1-18-68(19-2)55-34-42(41-63(3,4)5)28-30-50(55)51-32-33-69-59(58(51)68)45-35-44(36-47(37-45)65(9,10)11)49-26-23-27-57-60(49)70-62(53-39-48(66(12,13)14)40-54(61(53)72)67(15,16)17)71(57)56-31-29-46(64(6,7)8)38-52(56)43-24-21-20-22-25-43/h20-40,72H,18-19,41H2,1-17H3. The van der Waals surface area contributed by atoms with Crippen LogP contribution in [-0.2, 0) is 28.1 Å². The number of benzene rings is 6. The molecule has 0 aliphatic carbocycles. The third kappa shape index (κ3) is 9.20. The summed E-state index contributed by atoms with van der Waals surface area (Å²) >= 11 is -2.95. The van der Waals surface area contributed by atoms with Gasteiger partial charge < -0.3 is 0 Å². The number of hydrogen-bond acceptors (Lipinski definition) is 3. The van der Waals surface area contributed by atoms with Gasteiger partial charge in [-0.3, -0.25) is 0 Å². The molecule has 72 heavy (non-hydrogen) atoms. The van der Waals surface area contributed by atoms with Crippen LogP contribution in [0.2, 0.25) is 10.5 Å². The molecule has 2 aromatic heterocycles. The first kappa shape index (κ1) is 51.2. The van der Waals surface area contributed by atoms with Gasteiger partial charge in [0.2, 0.25) is 0 Å². The zero-order chi connectivity index (χ0) is 52.1. The number of aromatic nitrogens is 3. The van der Waals surface area contributed by atoms with Crippen LogP contribution in [-0.4, -0.2) is 32.9 Å². The van der Waals surface area contributed by atoms with E-state index in [0.29, 0.717) is 5.82 Å². The second kappa shape index (κ2) is 18.0. The molecule has 0 unspecified atom stereocenters. The third-order valence-electron chi connectivity index (χ3n) is 15.5. The molecule has 1 aliphatic heterocycles. The van der Waals surface area contributed by atoms with Crippen molar-refractivity contribution in [3.8, 4) is 67.5 Å². The van der Waals surface area contributed by atoms with Crippen LogP contribution < -0.4 is 8.79 Å². The number of para-hydroxylation sites is 1. The monoisotopic (exact) mass is 1020 g/mol. The van der Waals surface area contributed by atoms with Crippen LogP contribution in [0.3, 0.4) is 0 Å². The Morgan fingerprint density at radius 2 is 1.15 bits per heavy atom. The second-order valence-electron chi connectivity index (χ2n) is 26.2. The van der Waals surface area contributed by atoms with Crippen LogP contribution >= 0.6 is 0 Å². The summed E-state index contributed by atoms with van der Waals surface area (Å²) in [5, 5.41) is 15.0. The fourth-order valence-electron chi connectivity index (χ4n) is 11.4. The number of aromatic hydroxyl groups is 1. The van der Waals surface area contributed by atoms with E-state index in [1.54, 1.807) is 4.40 Å². The minimum absolute atomic E-state index is 0.0746. The Morgan fingerprint density at radius 1 is 0.514 bits per heavy atom. The molecule has 0 amide bonds. The average molecular weight is 1010 g/mol. The average Bonchev–Trinajstić information content (AvgIpc) is 3.83. The van der Waals surface area contributed by atoms with Gasteiger partial charge >= 0.3 is 317 Å². The van der Waals surface area contributed by atoms with Gasteiger partial charge in [-0.05, 0) is 21.8 Å². The third-order valence-corrected chi connectivity index (χ3v) is 26.7. The first-order valence-electron chi connectivity index (χ1n) is 26.5. The van der Waals surface area contributed by atoms with E-state index in [4.69, 9.17) is 9.97 Å². The van der Waals surface area contributed by atoms with Crippen molar-refractivity contribution in [3.63, 3.8) is 0 Å². The molecule has 6 aromatic carbocycles. The molecule has 3 heterocycles. The molecule has 1 N–H and O–H groups in total. The fourth-order valence-corrected chi connectivity index (χ4v) is 21.6. The number of fused-ring (bicyclic) bond motifs is 4. The number of phenols is 1.